The zero-order valence-corrected chi connectivity index (χ0v) is 15.6. The Hall–Kier alpha value is -2.61. The van der Waals surface area contributed by atoms with E-state index in [1.807, 2.05) is 0 Å². The van der Waals surface area contributed by atoms with Gasteiger partial charge in [-0.15, -0.1) is 0 Å². The molecule has 1 fully saturated rings. The maximum atomic E-state index is 12.9. The average Bonchev–Trinajstić information content (AvgIpc) is 2.69. The molecule has 2 N–H and O–H groups in total. The van der Waals surface area contributed by atoms with Crippen molar-refractivity contribution in [1.82, 2.24) is 15.2 Å². The number of benzene rings is 1. The lowest BCUT2D eigenvalue weighted by atomic mass is 10.0. The molecular weight excluding hydrogens is 369 g/mol. The smallest absolute Gasteiger partial charge is 0.367 e. The van der Waals surface area contributed by atoms with E-state index >= 15 is 0 Å². The van der Waals surface area contributed by atoms with Crippen LogP contribution in [0.4, 0.5) is 19.0 Å². The van der Waals surface area contributed by atoms with E-state index < -0.39 is 11.7 Å². The van der Waals surface area contributed by atoms with Crippen LogP contribution in [0.1, 0.15) is 34.3 Å². The summed E-state index contributed by atoms with van der Waals surface area (Å²) in [6.45, 7) is 2.01. The van der Waals surface area contributed by atoms with E-state index in [9.17, 15) is 18.0 Å². The molecule has 0 saturated carbocycles. The van der Waals surface area contributed by atoms with Gasteiger partial charge in [-0.1, -0.05) is 18.2 Å². The predicted molar refractivity (Wildman–Crippen MR) is 101 cm³/mol. The van der Waals surface area contributed by atoms with Gasteiger partial charge >= 0.3 is 6.18 Å². The van der Waals surface area contributed by atoms with Gasteiger partial charge in [0.25, 0.3) is 5.91 Å². The average molecular weight is 392 g/mol. The number of nitrogens with one attached hydrogen (secondary N) is 2. The molecule has 0 spiro atoms. The van der Waals surface area contributed by atoms with Gasteiger partial charge in [0.15, 0.2) is 0 Å². The molecule has 2 heterocycles. The molecule has 150 valence electrons. The van der Waals surface area contributed by atoms with Crippen molar-refractivity contribution < 1.29 is 18.0 Å². The summed E-state index contributed by atoms with van der Waals surface area (Å²) in [7, 11) is 1.57. The molecule has 28 heavy (non-hydrogen) atoms. The van der Waals surface area contributed by atoms with Gasteiger partial charge in [0, 0.05) is 38.9 Å². The fourth-order valence-corrected chi connectivity index (χ4v) is 3.37. The summed E-state index contributed by atoms with van der Waals surface area (Å²) in [4.78, 5) is 18.4. The number of hydrogen-bond acceptors (Lipinski definition) is 4. The van der Waals surface area contributed by atoms with Gasteiger partial charge in [-0.05, 0) is 36.6 Å². The van der Waals surface area contributed by atoms with E-state index in [1.54, 1.807) is 31.4 Å². The summed E-state index contributed by atoms with van der Waals surface area (Å²) in [6.07, 6.45) is -1.04. The highest BCUT2D eigenvalue weighted by Crippen LogP contribution is 2.30. The molecule has 0 atom stereocenters. The minimum atomic E-state index is -4.32. The van der Waals surface area contributed by atoms with Crippen molar-refractivity contribution in [2.24, 2.45) is 0 Å². The fraction of sp³-hybridized carbons (Fsp3) is 0.400. The van der Waals surface area contributed by atoms with E-state index in [0.29, 0.717) is 23.5 Å². The highest BCUT2D eigenvalue weighted by atomic mass is 19.4. The maximum absolute atomic E-state index is 12.9. The molecule has 1 aromatic heterocycles. The van der Waals surface area contributed by atoms with Gasteiger partial charge in [-0.25, -0.2) is 4.98 Å². The van der Waals surface area contributed by atoms with Crippen LogP contribution in [0.15, 0.2) is 42.6 Å². The topological polar surface area (TPSA) is 57.3 Å². The Balaban J connectivity index is 1.57. The zero-order valence-electron chi connectivity index (χ0n) is 15.6. The van der Waals surface area contributed by atoms with Crippen molar-refractivity contribution in [3.63, 3.8) is 0 Å². The Bertz CT molecular complexity index is 817. The van der Waals surface area contributed by atoms with Gasteiger partial charge in [-0.2, -0.15) is 13.2 Å². The summed E-state index contributed by atoms with van der Waals surface area (Å²) < 4.78 is 38.6. The Morgan fingerprint density at radius 2 is 1.96 bits per heavy atom. The van der Waals surface area contributed by atoms with Crippen LogP contribution in [0.25, 0.3) is 0 Å². The summed E-state index contributed by atoms with van der Waals surface area (Å²) in [5, 5.41) is 5.93. The second-order valence-corrected chi connectivity index (χ2v) is 6.87. The van der Waals surface area contributed by atoms with Crippen LogP contribution in [0.5, 0.6) is 0 Å². The van der Waals surface area contributed by atoms with Crippen LogP contribution in [0.3, 0.4) is 0 Å². The number of halogens is 3. The number of anilines is 1. The van der Waals surface area contributed by atoms with Gasteiger partial charge in [0.1, 0.15) is 5.82 Å². The largest absolute Gasteiger partial charge is 0.416 e. The standard InChI is InChI=1S/C20H23F3N4O/c1-24-19(28)17-6-3-9-25-18(17)26-16-7-10-27(11-8-16)13-14-4-2-5-15(12-14)20(21,22)23/h2-6,9,12,16H,7-8,10-11,13H2,1H3,(H,24,28)(H,25,26). The lowest BCUT2D eigenvalue weighted by molar-refractivity contribution is -0.137. The first-order valence-electron chi connectivity index (χ1n) is 9.19. The number of aromatic nitrogens is 1. The zero-order chi connectivity index (χ0) is 20.1. The highest BCUT2D eigenvalue weighted by molar-refractivity contribution is 5.98. The molecule has 1 saturated heterocycles. The highest BCUT2D eigenvalue weighted by Gasteiger charge is 2.30. The Morgan fingerprint density at radius 3 is 2.64 bits per heavy atom. The number of nitrogens with zero attached hydrogens (tertiary/aromatic N) is 2. The van der Waals surface area contributed by atoms with Crippen molar-refractivity contribution in [1.29, 1.82) is 0 Å². The number of carbonyl (C=O) groups excluding carboxylic acids is 1. The molecule has 0 bridgehead atoms. The molecule has 1 amide bonds. The Morgan fingerprint density at radius 1 is 1.21 bits per heavy atom. The quantitative estimate of drug-likeness (QED) is 0.817. The van der Waals surface area contributed by atoms with Crippen LogP contribution < -0.4 is 10.6 Å². The number of alkyl halides is 3. The molecule has 1 aliphatic heterocycles. The molecule has 0 unspecified atom stereocenters. The lowest BCUT2D eigenvalue weighted by Gasteiger charge is -2.33. The molecule has 1 aromatic carbocycles. The van der Waals surface area contributed by atoms with Gasteiger partial charge < -0.3 is 10.6 Å². The predicted octanol–water partition coefficient (Wildman–Crippen LogP) is 3.54. The SMILES string of the molecule is CNC(=O)c1cccnc1NC1CCN(Cc2cccc(C(F)(F)F)c2)CC1. The number of amides is 1. The normalized spacial score (nSPS) is 16.0. The molecule has 0 radical (unpaired) electrons. The minimum Gasteiger partial charge on any atom is -0.367 e. The van der Waals surface area contributed by atoms with Crippen molar-refractivity contribution in [3.05, 3.63) is 59.3 Å². The third kappa shape index (κ3) is 5.01. The molecular formula is C20H23F3N4O. The van der Waals surface area contributed by atoms with Crippen molar-refractivity contribution in [2.75, 3.05) is 25.5 Å². The number of piperidine rings is 1. The van der Waals surface area contributed by atoms with E-state index in [4.69, 9.17) is 0 Å². The monoisotopic (exact) mass is 392 g/mol. The van der Waals surface area contributed by atoms with Gasteiger partial charge in [-0.3, -0.25) is 9.69 Å². The first-order chi connectivity index (χ1) is 13.4. The molecule has 8 heteroatoms. The summed E-state index contributed by atoms with van der Waals surface area (Å²) >= 11 is 0. The minimum absolute atomic E-state index is 0.163. The summed E-state index contributed by atoms with van der Waals surface area (Å²) in [5.41, 5.74) is 0.544. The lowest BCUT2D eigenvalue weighted by Crippen LogP contribution is -2.39. The third-order valence-corrected chi connectivity index (χ3v) is 4.87. The van der Waals surface area contributed by atoms with Crippen LogP contribution in [-0.2, 0) is 12.7 Å². The second-order valence-electron chi connectivity index (χ2n) is 6.87. The third-order valence-electron chi connectivity index (χ3n) is 4.87. The fourth-order valence-electron chi connectivity index (χ4n) is 3.37. The number of pyridine rings is 1. The molecule has 2 aromatic rings. The van der Waals surface area contributed by atoms with Crippen LogP contribution >= 0.6 is 0 Å². The second kappa shape index (κ2) is 8.60. The van der Waals surface area contributed by atoms with E-state index in [2.05, 4.69) is 20.5 Å². The maximum Gasteiger partial charge on any atom is 0.416 e. The molecule has 3 rings (SSSR count). The number of hydrogen-bond donors (Lipinski definition) is 2. The summed E-state index contributed by atoms with van der Waals surface area (Å²) in [6, 6.07) is 9.09. The number of carbonyl (C=O) groups is 1. The Kier molecular flexibility index (Phi) is 6.18. The van der Waals surface area contributed by atoms with E-state index in [1.165, 1.54) is 12.1 Å². The molecule has 0 aliphatic carbocycles. The number of likely N-dealkylation sites (tertiary alicyclic amines) is 1. The van der Waals surface area contributed by atoms with Crippen LogP contribution in [-0.4, -0.2) is 42.0 Å². The van der Waals surface area contributed by atoms with Gasteiger partial charge in [0.05, 0.1) is 11.1 Å². The van der Waals surface area contributed by atoms with E-state index in [-0.39, 0.29) is 11.9 Å². The van der Waals surface area contributed by atoms with Crippen molar-refractivity contribution in [2.45, 2.75) is 31.6 Å². The summed E-state index contributed by atoms with van der Waals surface area (Å²) in [5.74, 6) is 0.357. The first kappa shape index (κ1) is 20.1. The number of rotatable bonds is 5. The van der Waals surface area contributed by atoms with Gasteiger partial charge in [0.2, 0.25) is 0 Å². The van der Waals surface area contributed by atoms with Crippen LogP contribution in [0.2, 0.25) is 0 Å². The molecule has 1 aliphatic rings. The van der Waals surface area contributed by atoms with Crippen molar-refractivity contribution in [3.8, 4) is 0 Å². The van der Waals surface area contributed by atoms with E-state index in [0.717, 1.165) is 32.0 Å². The first-order valence-corrected chi connectivity index (χ1v) is 9.19. The van der Waals surface area contributed by atoms with Crippen LogP contribution in [0, 0.1) is 0 Å². The molecule has 5 nitrogen and oxygen atoms in total. The Labute approximate surface area is 162 Å². The van der Waals surface area contributed by atoms with Crippen molar-refractivity contribution >= 4 is 11.7 Å².